The second-order valence-electron chi connectivity index (χ2n) is 6.09. The molecule has 9 heteroatoms. The third-order valence-corrected chi connectivity index (χ3v) is 5.92. The molecule has 3 aromatic rings. The lowest BCUT2D eigenvalue weighted by Crippen LogP contribution is -2.38. The molecule has 29 heavy (non-hydrogen) atoms. The molecule has 7 nitrogen and oxygen atoms in total. The van der Waals surface area contributed by atoms with E-state index < -0.39 is 22.7 Å². The number of thioether (sulfide) groups is 1. The van der Waals surface area contributed by atoms with Gasteiger partial charge in [0.2, 0.25) is 0 Å². The van der Waals surface area contributed by atoms with Crippen molar-refractivity contribution in [2.45, 2.75) is 0 Å². The Kier molecular flexibility index (Phi) is 5.32. The van der Waals surface area contributed by atoms with Crippen molar-refractivity contribution in [2.75, 3.05) is 13.1 Å². The molecular weight excluding hydrogens is 412 g/mol. The van der Waals surface area contributed by atoms with E-state index >= 15 is 0 Å². The first-order chi connectivity index (χ1) is 14.0. The first-order valence-electron chi connectivity index (χ1n) is 8.63. The van der Waals surface area contributed by atoms with Crippen molar-refractivity contribution in [3.05, 3.63) is 73.6 Å². The molecule has 0 aliphatic carbocycles. The van der Waals surface area contributed by atoms with E-state index in [-0.39, 0.29) is 18.7 Å². The number of imide groups is 1. The van der Waals surface area contributed by atoms with Crippen molar-refractivity contribution in [1.82, 2.24) is 10.2 Å². The second kappa shape index (κ2) is 8.06. The molecule has 0 spiro atoms. The zero-order chi connectivity index (χ0) is 20.4. The Balaban J connectivity index is 1.40. The highest BCUT2D eigenvalue weighted by Gasteiger charge is 2.34. The van der Waals surface area contributed by atoms with Gasteiger partial charge in [-0.3, -0.25) is 19.3 Å². The summed E-state index contributed by atoms with van der Waals surface area (Å²) in [5.41, 5.74) is -0.480. The van der Waals surface area contributed by atoms with Gasteiger partial charge in [-0.1, -0.05) is 24.3 Å². The van der Waals surface area contributed by atoms with E-state index in [0.717, 1.165) is 21.5 Å². The number of thiophene rings is 1. The number of benzene rings is 1. The fourth-order valence-corrected chi connectivity index (χ4v) is 4.38. The quantitative estimate of drug-likeness (QED) is 0.497. The summed E-state index contributed by atoms with van der Waals surface area (Å²) in [6.45, 7) is 0.0342. The van der Waals surface area contributed by atoms with Gasteiger partial charge in [-0.25, -0.2) is 4.79 Å². The molecule has 0 saturated carbocycles. The zero-order valence-corrected chi connectivity index (χ0v) is 16.5. The Hall–Kier alpha value is -3.17. The van der Waals surface area contributed by atoms with Gasteiger partial charge in [0, 0.05) is 23.4 Å². The summed E-state index contributed by atoms with van der Waals surface area (Å²) in [5, 5.41) is 4.68. The van der Waals surface area contributed by atoms with Crippen LogP contribution in [0.1, 0.15) is 15.2 Å². The Morgan fingerprint density at radius 2 is 1.97 bits per heavy atom. The Morgan fingerprint density at radius 3 is 2.76 bits per heavy atom. The Morgan fingerprint density at radius 1 is 1.14 bits per heavy atom. The van der Waals surface area contributed by atoms with Crippen LogP contribution >= 0.6 is 23.1 Å². The van der Waals surface area contributed by atoms with Crippen LogP contribution in [0.2, 0.25) is 0 Å². The molecule has 4 rings (SSSR count). The number of hydrogen-bond donors (Lipinski definition) is 1. The standard InChI is InChI=1S/C20H14N2O5S2/c23-17(14-10-12-4-1-2-6-15(12)27-19(14)25)21-7-8-22-18(24)16(29-20(22)26)11-13-5-3-9-28-13/h1-6,9-11H,7-8H2,(H,21,23)/b16-11-. The van der Waals surface area contributed by atoms with Gasteiger partial charge in [0.1, 0.15) is 11.1 Å². The molecule has 146 valence electrons. The number of nitrogens with one attached hydrogen (secondary N) is 1. The van der Waals surface area contributed by atoms with Crippen molar-refractivity contribution in [3.63, 3.8) is 0 Å². The molecule has 3 heterocycles. The summed E-state index contributed by atoms with van der Waals surface area (Å²) in [6.07, 6.45) is 1.68. The lowest BCUT2D eigenvalue weighted by Gasteiger charge is -2.12. The summed E-state index contributed by atoms with van der Waals surface area (Å²) in [4.78, 5) is 51.2. The van der Waals surface area contributed by atoms with Crippen LogP contribution in [0.25, 0.3) is 17.0 Å². The molecular formula is C20H14N2O5S2. The minimum atomic E-state index is -0.744. The average Bonchev–Trinajstić information content (AvgIpc) is 3.31. The Bertz CT molecular complexity index is 1200. The highest BCUT2D eigenvalue weighted by molar-refractivity contribution is 8.18. The molecule has 0 bridgehead atoms. The van der Waals surface area contributed by atoms with Crippen LogP contribution < -0.4 is 10.9 Å². The third-order valence-electron chi connectivity index (χ3n) is 4.20. The maximum absolute atomic E-state index is 12.4. The van der Waals surface area contributed by atoms with E-state index in [9.17, 15) is 19.2 Å². The van der Waals surface area contributed by atoms with Crippen LogP contribution in [0.5, 0.6) is 0 Å². The van der Waals surface area contributed by atoms with Gasteiger partial charge in [-0.05, 0) is 41.4 Å². The van der Waals surface area contributed by atoms with Gasteiger partial charge < -0.3 is 9.73 Å². The van der Waals surface area contributed by atoms with Gasteiger partial charge >= 0.3 is 5.63 Å². The predicted octanol–water partition coefficient (Wildman–Crippen LogP) is 3.32. The van der Waals surface area contributed by atoms with Crippen molar-refractivity contribution in [2.24, 2.45) is 0 Å². The second-order valence-corrected chi connectivity index (χ2v) is 8.06. The molecule has 1 N–H and O–H groups in total. The van der Waals surface area contributed by atoms with E-state index in [1.807, 2.05) is 17.5 Å². The molecule has 2 aromatic heterocycles. The van der Waals surface area contributed by atoms with E-state index in [1.165, 1.54) is 17.4 Å². The molecule has 1 fully saturated rings. The molecule has 1 saturated heterocycles. The van der Waals surface area contributed by atoms with Crippen molar-refractivity contribution >= 4 is 57.2 Å². The summed E-state index contributed by atoms with van der Waals surface area (Å²) in [7, 11) is 0. The summed E-state index contributed by atoms with van der Waals surface area (Å²) >= 11 is 2.34. The minimum Gasteiger partial charge on any atom is -0.422 e. The number of nitrogens with zero attached hydrogens (tertiary/aromatic N) is 1. The van der Waals surface area contributed by atoms with Gasteiger partial charge in [0.15, 0.2) is 0 Å². The fourth-order valence-electron chi connectivity index (χ4n) is 2.79. The normalized spacial score (nSPS) is 15.4. The fraction of sp³-hybridized carbons (Fsp3) is 0.100. The lowest BCUT2D eigenvalue weighted by atomic mass is 10.2. The number of carbonyl (C=O) groups is 3. The molecule has 0 atom stereocenters. The number of hydrogen-bond acceptors (Lipinski definition) is 7. The van der Waals surface area contributed by atoms with Gasteiger partial charge in [-0.2, -0.15) is 0 Å². The van der Waals surface area contributed by atoms with E-state index in [0.29, 0.717) is 15.9 Å². The molecule has 0 radical (unpaired) electrons. The monoisotopic (exact) mass is 426 g/mol. The predicted molar refractivity (Wildman–Crippen MR) is 112 cm³/mol. The van der Waals surface area contributed by atoms with Crippen LogP contribution in [-0.2, 0) is 4.79 Å². The lowest BCUT2D eigenvalue weighted by molar-refractivity contribution is -0.122. The van der Waals surface area contributed by atoms with Gasteiger partial charge in [0.05, 0.1) is 4.91 Å². The molecule has 1 aliphatic rings. The van der Waals surface area contributed by atoms with Gasteiger partial charge in [-0.15, -0.1) is 11.3 Å². The molecule has 0 unspecified atom stereocenters. The number of para-hydroxylation sites is 1. The maximum Gasteiger partial charge on any atom is 0.349 e. The van der Waals surface area contributed by atoms with E-state index in [2.05, 4.69) is 5.32 Å². The van der Waals surface area contributed by atoms with Crippen LogP contribution in [0.15, 0.2) is 62.0 Å². The van der Waals surface area contributed by atoms with Crippen LogP contribution in [0, 0.1) is 0 Å². The topological polar surface area (TPSA) is 96.7 Å². The summed E-state index contributed by atoms with van der Waals surface area (Å²) in [6, 6.07) is 12.0. The van der Waals surface area contributed by atoms with Crippen LogP contribution in [-0.4, -0.2) is 35.0 Å². The summed E-state index contributed by atoms with van der Waals surface area (Å²) < 4.78 is 5.15. The Labute approximate surface area is 173 Å². The van der Waals surface area contributed by atoms with E-state index in [1.54, 1.807) is 30.3 Å². The number of amides is 3. The van der Waals surface area contributed by atoms with Crippen LogP contribution in [0.4, 0.5) is 4.79 Å². The highest BCUT2D eigenvalue weighted by atomic mass is 32.2. The molecule has 1 aliphatic heterocycles. The average molecular weight is 426 g/mol. The van der Waals surface area contributed by atoms with Crippen molar-refractivity contribution in [1.29, 1.82) is 0 Å². The number of carbonyl (C=O) groups excluding carboxylic acids is 3. The van der Waals surface area contributed by atoms with E-state index in [4.69, 9.17) is 4.42 Å². The van der Waals surface area contributed by atoms with Crippen LogP contribution in [0.3, 0.4) is 0 Å². The first-order valence-corrected chi connectivity index (χ1v) is 10.3. The SMILES string of the molecule is O=C(NCCN1C(=O)S/C(=C\c2cccs2)C1=O)c1cc2ccccc2oc1=O. The number of fused-ring (bicyclic) bond motifs is 1. The smallest absolute Gasteiger partial charge is 0.349 e. The first kappa shape index (κ1) is 19.2. The maximum atomic E-state index is 12.4. The van der Waals surface area contributed by atoms with Crippen molar-refractivity contribution in [3.8, 4) is 0 Å². The number of rotatable bonds is 5. The largest absolute Gasteiger partial charge is 0.422 e. The molecule has 3 amide bonds. The third kappa shape index (κ3) is 4.01. The minimum absolute atomic E-state index is 0.0110. The zero-order valence-electron chi connectivity index (χ0n) is 14.9. The van der Waals surface area contributed by atoms with Crippen molar-refractivity contribution < 1.29 is 18.8 Å². The highest BCUT2D eigenvalue weighted by Crippen LogP contribution is 2.32. The molecule has 1 aromatic carbocycles. The van der Waals surface area contributed by atoms with Gasteiger partial charge in [0.25, 0.3) is 17.1 Å². The summed E-state index contributed by atoms with van der Waals surface area (Å²) in [5.74, 6) is -1.02.